The van der Waals surface area contributed by atoms with Gasteiger partial charge in [-0.3, -0.25) is 0 Å². The molecule has 0 unspecified atom stereocenters. The fourth-order valence-corrected chi connectivity index (χ4v) is 2.88. The quantitative estimate of drug-likeness (QED) is 0.940. The number of aryl methyl sites for hydroxylation is 2. The van der Waals surface area contributed by atoms with Gasteiger partial charge in [-0.15, -0.1) is 11.3 Å². The number of nitrogen functional groups attached to an aromatic ring is 1. The number of aromatic nitrogens is 2. The lowest BCUT2D eigenvalue weighted by Crippen LogP contribution is -2.01. The SMILES string of the molecule is CCc1ccc(-c2nc(N)c(Br)c(CC)n2)s1. The van der Waals surface area contributed by atoms with Gasteiger partial charge in [-0.1, -0.05) is 13.8 Å². The molecule has 0 saturated carbocycles. The van der Waals surface area contributed by atoms with Crippen molar-refractivity contribution < 1.29 is 0 Å². The van der Waals surface area contributed by atoms with Crippen molar-refractivity contribution in [2.45, 2.75) is 26.7 Å². The third kappa shape index (κ3) is 2.50. The number of thiophene rings is 1. The van der Waals surface area contributed by atoms with Crippen LogP contribution >= 0.6 is 27.3 Å². The summed E-state index contributed by atoms with van der Waals surface area (Å²) in [4.78, 5) is 11.3. The van der Waals surface area contributed by atoms with Crippen LogP contribution in [0.25, 0.3) is 10.7 Å². The zero-order valence-corrected chi connectivity index (χ0v) is 12.2. The highest BCUT2D eigenvalue weighted by Crippen LogP contribution is 2.29. The Labute approximate surface area is 113 Å². The Kier molecular flexibility index (Phi) is 3.79. The highest BCUT2D eigenvalue weighted by molar-refractivity contribution is 9.10. The maximum absolute atomic E-state index is 5.88. The number of halogens is 1. The van der Waals surface area contributed by atoms with E-state index in [-0.39, 0.29) is 0 Å². The van der Waals surface area contributed by atoms with Gasteiger partial charge in [0.1, 0.15) is 5.82 Å². The molecule has 5 heteroatoms. The van der Waals surface area contributed by atoms with E-state index < -0.39 is 0 Å². The Morgan fingerprint density at radius 1 is 1.24 bits per heavy atom. The van der Waals surface area contributed by atoms with Gasteiger partial charge >= 0.3 is 0 Å². The molecule has 0 bridgehead atoms. The molecule has 0 spiro atoms. The molecule has 2 aromatic rings. The van der Waals surface area contributed by atoms with Crippen LogP contribution in [0.3, 0.4) is 0 Å². The van der Waals surface area contributed by atoms with Crippen molar-refractivity contribution in [3.8, 4) is 10.7 Å². The van der Waals surface area contributed by atoms with Gasteiger partial charge in [0.25, 0.3) is 0 Å². The Morgan fingerprint density at radius 3 is 2.59 bits per heavy atom. The van der Waals surface area contributed by atoms with E-state index in [1.807, 2.05) is 0 Å². The van der Waals surface area contributed by atoms with Crippen LogP contribution in [-0.4, -0.2) is 9.97 Å². The van der Waals surface area contributed by atoms with Crippen LogP contribution in [0.4, 0.5) is 5.82 Å². The van der Waals surface area contributed by atoms with E-state index >= 15 is 0 Å². The summed E-state index contributed by atoms with van der Waals surface area (Å²) in [5, 5.41) is 0. The molecule has 0 aliphatic rings. The minimum absolute atomic E-state index is 0.512. The average molecular weight is 312 g/mol. The number of nitrogens with two attached hydrogens (primary N) is 1. The van der Waals surface area contributed by atoms with Crippen LogP contribution in [0.1, 0.15) is 24.4 Å². The Bertz CT molecular complexity index is 537. The fraction of sp³-hybridized carbons (Fsp3) is 0.333. The zero-order chi connectivity index (χ0) is 12.4. The third-order valence-electron chi connectivity index (χ3n) is 2.51. The smallest absolute Gasteiger partial charge is 0.171 e. The van der Waals surface area contributed by atoms with Crippen molar-refractivity contribution in [1.82, 2.24) is 9.97 Å². The van der Waals surface area contributed by atoms with Gasteiger partial charge in [0.15, 0.2) is 5.82 Å². The summed E-state index contributed by atoms with van der Waals surface area (Å²) in [7, 11) is 0. The first-order chi connectivity index (χ1) is 8.15. The molecule has 0 fully saturated rings. The molecule has 17 heavy (non-hydrogen) atoms. The molecule has 0 atom stereocenters. The summed E-state index contributed by atoms with van der Waals surface area (Å²) >= 11 is 5.14. The van der Waals surface area contributed by atoms with Gasteiger partial charge in [-0.25, -0.2) is 9.97 Å². The minimum atomic E-state index is 0.512. The molecule has 0 aliphatic heterocycles. The predicted octanol–water partition coefficient (Wildman–Crippen LogP) is 3.67. The Morgan fingerprint density at radius 2 is 2.00 bits per heavy atom. The summed E-state index contributed by atoms with van der Waals surface area (Å²) in [5.41, 5.74) is 6.84. The molecule has 0 radical (unpaired) electrons. The van der Waals surface area contributed by atoms with Crippen LogP contribution in [0.2, 0.25) is 0 Å². The Hall–Kier alpha value is -0.940. The highest BCUT2D eigenvalue weighted by Gasteiger charge is 2.11. The van der Waals surface area contributed by atoms with Crippen molar-refractivity contribution in [2.75, 3.05) is 5.73 Å². The van der Waals surface area contributed by atoms with Crippen LogP contribution in [0.5, 0.6) is 0 Å². The van der Waals surface area contributed by atoms with E-state index in [0.29, 0.717) is 5.82 Å². The summed E-state index contributed by atoms with van der Waals surface area (Å²) in [6, 6.07) is 4.18. The van der Waals surface area contributed by atoms with Crippen molar-refractivity contribution >= 4 is 33.1 Å². The first kappa shape index (κ1) is 12.5. The van der Waals surface area contributed by atoms with Gasteiger partial charge in [0.05, 0.1) is 15.0 Å². The maximum Gasteiger partial charge on any atom is 0.171 e. The number of hydrogen-bond donors (Lipinski definition) is 1. The average Bonchev–Trinajstić information content (AvgIpc) is 2.81. The second-order valence-electron chi connectivity index (χ2n) is 3.67. The van der Waals surface area contributed by atoms with Gasteiger partial charge in [0.2, 0.25) is 0 Å². The lowest BCUT2D eigenvalue weighted by atomic mass is 10.3. The highest BCUT2D eigenvalue weighted by atomic mass is 79.9. The zero-order valence-electron chi connectivity index (χ0n) is 9.83. The van der Waals surface area contributed by atoms with Crippen LogP contribution < -0.4 is 5.73 Å². The fourth-order valence-electron chi connectivity index (χ4n) is 1.55. The molecule has 2 rings (SSSR count). The van der Waals surface area contributed by atoms with E-state index in [1.165, 1.54) is 4.88 Å². The second kappa shape index (κ2) is 5.14. The number of nitrogens with zero attached hydrogens (tertiary/aromatic N) is 2. The molecule has 3 nitrogen and oxygen atoms in total. The van der Waals surface area contributed by atoms with E-state index in [9.17, 15) is 0 Å². The van der Waals surface area contributed by atoms with Gasteiger partial charge < -0.3 is 5.73 Å². The largest absolute Gasteiger partial charge is 0.383 e. The normalized spacial score (nSPS) is 10.8. The van der Waals surface area contributed by atoms with E-state index in [2.05, 4.69) is 51.9 Å². The second-order valence-corrected chi connectivity index (χ2v) is 5.63. The van der Waals surface area contributed by atoms with Gasteiger partial charge in [0, 0.05) is 4.88 Å². The van der Waals surface area contributed by atoms with Crippen LogP contribution in [0, 0.1) is 0 Å². The summed E-state index contributed by atoms with van der Waals surface area (Å²) < 4.78 is 0.816. The van der Waals surface area contributed by atoms with Gasteiger partial charge in [-0.05, 0) is 40.9 Å². The van der Waals surface area contributed by atoms with Crippen LogP contribution in [-0.2, 0) is 12.8 Å². The molecular formula is C12H14BrN3S. The van der Waals surface area contributed by atoms with E-state index in [0.717, 1.165) is 33.7 Å². The summed E-state index contributed by atoms with van der Waals surface area (Å²) in [6.45, 7) is 4.20. The molecule has 0 saturated heterocycles. The topological polar surface area (TPSA) is 51.8 Å². The number of hydrogen-bond acceptors (Lipinski definition) is 4. The molecule has 0 aromatic carbocycles. The Balaban J connectivity index is 2.48. The van der Waals surface area contributed by atoms with E-state index in [4.69, 9.17) is 5.73 Å². The first-order valence-electron chi connectivity index (χ1n) is 5.56. The van der Waals surface area contributed by atoms with Crippen molar-refractivity contribution in [2.24, 2.45) is 0 Å². The lowest BCUT2D eigenvalue weighted by molar-refractivity contribution is 0.998. The number of anilines is 1. The van der Waals surface area contributed by atoms with Crippen molar-refractivity contribution in [3.05, 3.63) is 27.2 Å². The minimum Gasteiger partial charge on any atom is -0.383 e. The first-order valence-corrected chi connectivity index (χ1v) is 7.17. The maximum atomic E-state index is 5.88. The molecule has 2 N–H and O–H groups in total. The predicted molar refractivity (Wildman–Crippen MR) is 76.2 cm³/mol. The monoisotopic (exact) mass is 311 g/mol. The molecule has 0 aliphatic carbocycles. The third-order valence-corrected chi connectivity index (χ3v) is 4.60. The van der Waals surface area contributed by atoms with E-state index in [1.54, 1.807) is 11.3 Å². The van der Waals surface area contributed by atoms with Crippen LogP contribution in [0.15, 0.2) is 16.6 Å². The van der Waals surface area contributed by atoms with Gasteiger partial charge in [-0.2, -0.15) is 0 Å². The summed E-state index contributed by atoms with van der Waals surface area (Å²) in [5.74, 6) is 1.24. The summed E-state index contributed by atoms with van der Waals surface area (Å²) in [6.07, 6.45) is 1.88. The molecule has 2 aromatic heterocycles. The molecule has 0 amide bonds. The molecule has 2 heterocycles. The van der Waals surface area contributed by atoms with Crippen molar-refractivity contribution in [3.63, 3.8) is 0 Å². The number of rotatable bonds is 3. The lowest BCUT2D eigenvalue weighted by Gasteiger charge is -2.05. The molecule has 90 valence electrons. The molecular weight excluding hydrogens is 298 g/mol. The standard InChI is InChI=1S/C12H14BrN3S/c1-3-7-5-6-9(17-7)12-15-8(4-2)10(13)11(14)16-12/h5-6H,3-4H2,1-2H3,(H2,14,15,16). The van der Waals surface area contributed by atoms with Crippen molar-refractivity contribution in [1.29, 1.82) is 0 Å².